The van der Waals surface area contributed by atoms with Gasteiger partial charge in [0.2, 0.25) is 11.9 Å². The number of nitrogens with zero attached hydrogens (tertiary/aromatic N) is 4. The fourth-order valence-electron chi connectivity index (χ4n) is 4.57. The van der Waals surface area contributed by atoms with Crippen molar-refractivity contribution in [3.63, 3.8) is 0 Å². The number of nitrogens with one attached hydrogen (secondary N) is 1. The van der Waals surface area contributed by atoms with Crippen LogP contribution in [0.4, 0.5) is 15.9 Å². The quantitative estimate of drug-likeness (QED) is 0.629. The van der Waals surface area contributed by atoms with E-state index in [4.69, 9.17) is 0 Å². The highest BCUT2D eigenvalue weighted by Crippen LogP contribution is 2.30. The van der Waals surface area contributed by atoms with E-state index in [0.717, 1.165) is 37.2 Å². The van der Waals surface area contributed by atoms with E-state index >= 15 is 0 Å². The van der Waals surface area contributed by atoms with E-state index in [1.54, 1.807) is 6.07 Å². The Labute approximate surface area is 197 Å². The first kappa shape index (κ1) is 22.0. The Kier molecular flexibility index (Phi) is 6.20. The molecule has 3 aromatic rings. The molecule has 0 atom stereocenters. The van der Waals surface area contributed by atoms with Crippen molar-refractivity contribution in [2.24, 2.45) is 5.92 Å². The van der Waals surface area contributed by atoms with Crippen LogP contribution in [0.1, 0.15) is 34.7 Å². The number of rotatable bonds is 5. The van der Waals surface area contributed by atoms with Crippen molar-refractivity contribution in [3.8, 4) is 0 Å². The van der Waals surface area contributed by atoms with Crippen molar-refractivity contribution in [3.05, 3.63) is 83.8 Å². The predicted octanol–water partition coefficient (Wildman–Crippen LogP) is 3.71. The van der Waals surface area contributed by atoms with Crippen LogP contribution in [0.25, 0.3) is 0 Å². The van der Waals surface area contributed by atoms with Gasteiger partial charge in [-0.3, -0.25) is 9.59 Å². The molecule has 2 aliphatic rings. The minimum atomic E-state index is -0.617. The number of amides is 2. The average Bonchev–Trinajstić information content (AvgIpc) is 2.85. The van der Waals surface area contributed by atoms with Gasteiger partial charge in [0.15, 0.2) is 5.82 Å². The van der Waals surface area contributed by atoms with E-state index in [-0.39, 0.29) is 17.7 Å². The van der Waals surface area contributed by atoms with Crippen LogP contribution in [0.3, 0.4) is 0 Å². The van der Waals surface area contributed by atoms with E-state index in [1.165, 1.54) is 11.6 Å². The summed E-state index contributed by atoms with van der Waals surface area (Å²) in [4.78, 5) is 29.0. The maximum atomic E-state index is 12.9. The molecule has 2 fully saturated rings. The zero-order valence-electron chi connectivity index (χ0n) is 18.7. The van der Waals surface area contributed by atoms with Crippen molar-refractivity contribution in [1.82, 2.24) is 15.1 Å². The Morgan fingerprint density at radius 1 is 0.882 bits per heavy atom. The minimum absolute atomic E-state index is 0.0354. The number of hydrogen-bond donors (Lipinski definition) is 1. The van der Waals surface area contributed by atoms with E-state index < -0.39 is 5.95 Å². The second-order valence-electron chi connectivity index (χ2n) is 8.86. The van der Waals surface area contributed by atoms with Crippen LogP contribution in [-0.4, -0.2) is 53.1 Å². The molecule has 0 unspecified atom stereocenters. The number of hydrogen-bond acceptors (Lipinski definition) is 5. The summed E-state index contributed by atoms with van der Waals surface area (Å²) in [5, 5.41) is 10.2. The molecule has 0 spiro atoms. The Balaban J connectivity index is 1.10. The van der Waals surface area contributed by atoms with Crippen molar-refractivity contribution in [2.75, 3.05) is 36.4 Å². The highest BCUT2D eigenvalue weighted by atomic mass is 19.1. The minimum Gasteiger partial charge on any atom is -0.353 e. The molecular formula is C26H26FN5O2. The van der Waals surface area contributed by atoms with Gasteiger partial charge in [0.05, 0.1) is 5.92 Å². The Bertz CT molecular complexity index is 1140. The monoisotopic (exact) mass is 459 g/mol. The fourth-order valence-corrected chi connectivity index (χ4v) is 4.57. The first-order valence-corrected chi connectivity index (χ1v) is 11.6. The lowest BCUT2D eigenvalue weighted by Gasteiger charge is -2.38. The molecule has 1 aromatic heterocycles. The normalized spacial score (nSPS) is 16.7. The van der Waals surface area contributed by atoms with Gasteiger partial charge in [0, 0.05) is 37.4 Å². The lowest BCUT2D eigenvalue weighted by Crippen LogP contribution is -2.52. The number of carbonyl (C=O) groups is 2. The molecule has 0 saturated carbocycles. The second kappa shape index (κ2) is 9.59. The van der Waals surface area contributed by atoms with E-state index in [2.05, 4.69) is 27.6 Å². The number of aromatic nitrogens is 2. The van der Waals surface area contributed by atoms with Crippen molar-refractivity contribution in [1.29, 1.82) is 0 Å². The van der Waals surface area contributed by atoms with Crippen molar-refractivity contribution < 1.29 is 14.0 Å². The van der Waals surface area contributed by atoms with Crippen molar-refractivity contribution in [2.45, 2.75) is 18.8 Å². The Morgan fingerprint density at radius 3 is 2.24 bits per heavy atom. The Hall–Kier alpha value is -3.81. The zero-order chi connectivity index (χ0) is 23.5. The zero-order valence-corrected chi connectivity index (χ0v) is 18.7. The fraction of sp³-hybridized carbons (Fsp3) is 0.308. The summed E-state index contributed by atoms with van der Waals surface area (Å²) >= 11 is 0. The molecule has 8 heteroatoms. The molecule has 34 heavy (non-hydrogen) atoms. The molecule has 2 amide bonds. The summed E-state index contributed by atoms with van der Waals surface area (Å²) in [6.07, 6.45) is 1.85. The summed E-state index contributed by atoms with van der Waals surface area (Å²) in [7, 11) is 0. The number of anilines is 2. The third kappa shape index (κ3) is 4.76. The molecule has 174 valence electrons. The van der Waals surface area contributed by atoms with Gasteiger partial charge < -0.3 is 15.1 Å². The van der Waals surface area contributed by atoms with Gasteiger partial charge in [-0.1, -0.05) is 30.3 Å². The van der Waals surface area contributed by atoms with Gasteiger partial charge in [-0.2, -0.15) is 4.39 Å². The molecule has 7 nitrogen and oxygen atoms in total. The lowest BCUT2D eigenvalue weighted by molar-refractivity contribution is -0.120. The molecule has 5 rings (SSSR count). The summed E-state index contributed by atoms with van der Waals surface area (Å²) in [5.74, 6) is 0.282. The number of benzene rings is 2. The third-order valence-corrected chi connectivity index (χ3v) is 6.65. The number of halogens is 1. The lowest BCUT2D eigenvalue weighted by atomic mass is 9.89. The van der Waals surface area contributed by atoms with Gasteiger partial charge in [-0.05, 0) is 60.7 Å². The van der Waals surface area contributed by atoms with Crippen LogP contribution in [-0.2, 0) is 4.79 Å². The van der Waals surface area contributed by atoms with Gasteiger partial charge in [-0.25, -0.2) is 0 Å². The predicted molar refractivity (Wildman–Crippen MR) is 127 cm³/mol. The number of carbonyl (C=O) groups excluding carboxylic acids is 2. The topological polar surface area (TPSA) is 78.4 Å². The largest absolute Gasteiger partial charge is 0.353 e. The number of piperidine rings is 1. The third-order valence-electron chi connectivity index (χ3n) is 6.65. The maximum absolute atomic E-state index is 12.9. The number of likely N-dealkylation sites (tertiary alicyclic amines) is 1. The molecular weight excluding hydrogens is 433 g/mol. The standard InChI is InChI=1S/C26H26FN5O2/c27-23-10-11-24(30-29-23)32-16-21(17-32)25(33)28-22-8-6-18(7-9-22)19-12-14-31(15-13-19)26(34)20-4-2-1-3-5-20/h1-11,19,21H,12-17H2,(H,28,33). The molecule has 1 N–H and O–H groups in total. The highest BCUT2D eigenvalue weighted by Gasteiger charge is 2.33. The van der Waals surface area contributed by atoms with E-state index in [0.29, 0.717) is 24.8 Å². The van der Waals surface area contributed by atoms with Gasteiger partial charge in [0.25, 0.3) is 5.91 Å². The smallest absolute Gasteiger partial charge is 0.253 e. The summed E-state index contributed by atoms with van der Waals surface area (Å²) in [6, 6.07) is 20.3. The van der Waals surface area contributed by atoms with Crippen LogP contribution in [0.2, 0.25) is 0 Å². The van der Waals surface area contributed by atoms with Crippen LogP contribution in [0.5, 0.6) is 0 Å². The van der Waals surface area contributed by atoms with E-state index in [1.807, 2.05) is 52.3 Å². The van der Waals surface area contributed by atoms with Crippen molar-refractivity contribution >= 4 is 23.3 Å². The SMILES string of the molecule is O=C(Nc1ccc(C2CCN(C(=O)c3ccccc3)CC2)cc1)C1CN(c2ccc(F)nn2)C1. The highest BCUT2D eigenvalue weighted by molar-refractivity contribution is 5.95. The van der Waals surface area contributed by atoms with Crippen LogP contribution in [0.15, 0.2) is 66.7 Å². The van der Waals surface area contributed by atoms with Gasteiger partial charge >= 0.3 is 0 Å². The van der Waals surface area contributed by atoms with Gasteiger partial charge in [-0.15, -0.1) is 10.2 Å². The molecule has 0 aliphatic carbocycles. The second-order valence-corrected chi connectivity index (χ2v) is 8.86. The first-order chi connectivity index (χ1) is 16.6. The molecule has 2 saturated heterocycles. The summed E-state index contributed by atoms with van der Waals surface area (Å²) < 4.78 is 12.9. The van der Waals surface area contributed by atoms with E-state index in [9.17, 15) is 14.0 Å². The van der Waals surface area contributed by atoms with Crippen LogP contribution >= 0.6 is 0 Å². The molecule has 3 heterocycles. The Morgan fingerprint density at radius 2 is 1.59 bits per heavy atom. The van der Waals surface area contributed by atoms with Crippen LogP contribution < -0.4 is 10.2 Å². The average molecular weight is 460 g/mol. The molecule has 2 aromatic carbocycles. The van der Waals surface area contributed by atoms with Crippen LogP contribution in [0, 0.1) is 11.9 Å². The summed E-state index contributed by atoms with van der Waals surface area (Å²) in [6.45, 7) is 2.55. The summed E-state index contributed by atoms with van der Waals surface area (Å²) in [5.41, 5.74) is 2.74. The van der Waals surface area contributed by atoms with Gasteiger partial charge in [0.1, 0.15) is 0 Å². The molecule has 0 bridgehead atoms. The molecule has 0 radical (unpaired) electrons. The first-order valence-electron chi connectivity index (χ1n) is 11.6. The maximum Gasteiger partial charge on any atom is 0.253 e. The molecule has 2 aliphatic heterocycles.